The number of rotatable bonds is 5. The van der Waals surface area contributed by atoms with Gasteiger partial charge in [-0.15, -0.1) is 0 Å². The van der Waals surface area contributed by atoms with Gasteiger partial charge in [0.25, 0.3) is 0 Å². The zero-order chi connectivity index (χ0) is 22.8. The van der Waals surface area contributed by atoms with Gasteiger partial charge in [-0.05, 0) is 36.3 Å². The summed E-state index contributed by atoms with van der Waals surface area (Å²) in [4.78, 5) is 8.11. The Bertz CT molecular complexity index is 1120. The molecule has 1 aromatic heterocycles. The van der Waals surface area contributed by atoms with E-state index in [1.165, 1.54) is 16.7 Å². The summed E-state index contributed by atoms with van der Waals surface area (Å²) in [5, 5.41) is 12.4. The van der Waals surface area contributed by atoms with E-state index in [1.807, 2.05) is 18.2 Å². The van der Waals surface area contributed by atoms with Crippen LogP contribution in [0.4, 0.5) is 5.82 Å². The number of ether oxygens (including phenoxy) is 1. The minimum Gasteiger partial charge on any atom is -0.496 e. The molecule has 1 fully saturated rings. The van der Waals surface area contributed by atoms with Crippen LogP contribution in [0.2, 0.25) is 0 Å². The van der Waals surface area contributed by atoms with Gasteiger partial charge in [0.1, 0.15) is 17.4 Å². The Morgan fingerprint density at radius 1 is 1.12 bits per heavy atom. The van der Waals surface area contributed by atoms with E-state index in [2.05, 4.69) is 63.6 Å². The normalized spacial score (nSPS) is 20.5. The zero-order valence-corrected chi connectivity index (χ0v) is 19.5. The van der Waals surface area contributed by atoms with Crippen LogP contribution in [0.25, 0.3) is 17.2 Å². The summed E-state index contributed by atoms with van der Waals surface area (Å²) in [6, 6.07) is 8.14. The van der Waals surface area contributed by atoms with Gasteiger partial charge in [-0.2, -0.15) is 0 Å². The molecule has 1 aromatic carbocycles. The molecule has 0 saturated carbocycles. The number of H-pyrrole nitrogens is 1. The second-order valence-electron chi connectivity index (χ2n) is 8.91. The van der Waals surface area contributed by atoms with Crippen molar-refractivity contribution in [2.24, 2.45) is 5.92 Å². The molecule has 3 N–H and O–H groups in total. The number of hydrogen-bond donors (Lipinski definition) is 3. The van der Waals surface area contributed by atoms with Crippen molar-refractivity contribution in [3.05, 3.63) is 65.4 Å². The molecule has 0 spiro atoms. The summed E-state index contributed by atoms with van der Waals surface area (Å²) in [6.45, 7) is 8.10. The summed E-state index contributed by atoms with van der Waals surface area (Å²) in [7, 11) is 1.72. The number of likely N-dealkylation sites (N-methyl/N-ethyl adjacent to an activating group) is 1. The van der Waals surface area contributed by atoms with Crippen LogP contribution in [-0.2, 0) is 0 Å². The highest BCUT2D eigenvalue weighted by molar-refractivity contribution is 5.88. The maximum atomic E-state index is 8.86. The summed E-state index contributed by atoms with van der Waals surface area (Å²) in [6.07, 6.45) is 11.8. The van der Waals surface area contributed by atoms with Gasteiger partial charge in [0.2, 0.25) is 0 Å². The second-order valence-corrected chi connectivity index (χ2v) is 8.91. The van der Waals surface area contributed by atoms with Crippen LogP contribution in [0.15, 0.2) is 59.8 Å². The summed E-state index contributed by atoms with van der Waals surface area (Å²) >= 11 is 0. The van der Waals surface area contributed by atoms with Crippen molar-refractivity contribution in [2.45, 2.75) is 13.3 Å². The molecule has 33 heavy (non-hydrogen) atoms. The van der Waals surface area contributed by atoms with Gasteiger partial charge in [-0.1, -0.05) is 43.4 Å². The largest absolute Gasteiger partial charge is 0.496 e. The highest BCUT2D eigenvalue weighted by Gasteiger charge is 2.26. The molecule has 0 amide bonds. The molecule has 1 aliphatic carbocycles. The predicted octanol–water partition coefficient (Wildman–Crippen LogP) is 4.62. The molecule has 2 aromatic rings. The number of methoxy groups -OCH3 is 1. The summed E-state index contributed by atoms with van der Waals surface area (Å²) in [5.41, 5.74) is 5.98. The number of anilines is 1. The van der Waals surface area contributed by atoms with E-state index in [0.29, 0.717) is 0 Å². The number of allylic oxidation sites excluding steroid dienone is 2. The molecule has 1 atom stereocenters. The Labute approximate surface area is 196 Å². The number of nitrogens with one attached hydrogen (secondary N) is 3. The molecule has 2 aliphatic heterocycles. The fourth-order valence-electron chi connectivity index (χ4n) is 5.08. The first-order valence-corrected chi connectivity index (χ1v) is 11.9. The zero-order valence-electron chi connectivity index (χ0n) is 19.5. The number of fused-ring (bicyclic) bond motifs is 1. The van der Waals surface area contributed by atoms with Crippen molar-refractivity contribution >= 4 is 17.7 Å². The first-order chi connectivity index (χ1) is 16.2. The standard InChI is InChI=1S/C27H33N5O/c1-3-31-11-13-32(14-12-31)26(28)20-8-6-7-19(15-20)21-16-23-24(18-30-27(23)29-17-21)22-9-4-5-10-25(22)33-2/h4-10,16,18,20,28-30H,3,11-15,17H2,1-2H3. The molecule has 3 heterocycles. The highest BCUT2D eigenvalue weighted by Crippen LogP contribution is 2.39. The Morgan fingerprint density at radius 3 is 2.73 bits per heavy atom. The fraction of sp³-hybridized carbons (Fsp3) is 0.370. The third-order valence-electron chi connectivity index (χ3n) is 7.10. The van der Waals surface area contributed by atoms with Gasteiger partial charge in [0, 0.05) is 61.5 Å². The van der Waals surface area contributed by atoms with Crippen molar-refractivity contribution in [3.63, 3.8) is 0 Å². The monoisotopic (exact) mass is 443 g/mol. The molecular formula is C27H33N5O. The Balaban J connectivity index is 1.35. The number of nitrogens with zero attached hydrogens (tertiary/aromatic N) is 2. The maximum absolute atomic E-state index is 8.86. The molecule has 0 radical (unpaired) electrons. The van der Waals surface area contributed by atoms with Crippen molar-refractivity contribution < 1.29 is 4.74 Å². The SMILES string of the molecule is CCN1CCN(C(=N)C2C=CC=C(C3=Cc4c(-c5ccccc5OC)c[nH]c4NC3)C2)CC1. The summed E-state index contributed by atoms with van der Waals surface area (Å²) in [5.74, 6) is 2.82. The topological polar surface area (TPSA) is 67.4 Å². The average molecular weight is 444 g/mol. The van der Waals surface area contributed by atoms with Crippen molar-refractivity contribution in [1.29, 1.82) is 5.41 Å². The van der Waals surface area contributed by atoms with Crippen LogP contribution in [0, 0.1) is 11.3 Å². The third kappa shape index (κ3) is 4.23. The van der Waals surface area contributed by atoms with Crippen molar-refractivity contribution in [1.82, 2.24) is 14.8 Å². The fourth-order valence-corrected chi connectivity index (χ4v) is 5.08. The van der Waals surface area contributed by atoms with Crippen LogP contribution in [0.5, 0.6) is 5.75 Å². The number of hydrogen-bond acceptors (Lipinski definition) is 4. The van der Waals surface area contributed by atoms with Crippen molar-refractivity contribution in [3.8, 4) is 16.9 Å². The van der Waals surface area contributed by atoms with Gasteiger partial charge in [-0.25, -0.2) is 0 Å². The van der Waals surface area contributed by atoms with Gasteiger partial charge >= 0.3 is 0 Å². The lowest BCUT2D eigenvalue weighted by atomic mass is 9.86. The minimum absolute atomic E-state index is 0.139. The molecule has 0 bridgehead atoms. The highest BCUT2D eigenvalue weighted by atomic mass is 16.5. The molecule has 172 valence electrons. The van der Waals surface area contributed by atoms with Gasteiger partial charge in [-0.3, -0.25) is 5.41 Å². The number of aromatic amines is 1. The van der Waals surface area contributed by atoms with Crippen LogP contribution in [-0.4, -0.2) is 67.0 Å². The molecule has 3 aliphatic rings. The van der Waals surface area contributed by atoms with E-state index < -0.39 is 0 Å². The Morgan fingerprint density at radius 2 is 1.94 bits per heavy atom. The van der Waals surface area contributed by atoms with Gasteiger partial charge in [0.05, 0.1) is 7.11 Å². The van der Waals surface area contributed by atoms with E-state index in [9.17, 15) is 0 Å². The smallest absolute Gasteiger partial charge is 0.126 e. The van der Waals surface area contributed by atoms with E-state index in [0.717, 1.165) is 74.2 Å². The van der Waals surface area contributed by atoms with E-state index in [1.54, 1.807) is 7.11 Å². The Kier molecular flexibility index (Phi) is 6.09. The number of piperazine rings is 1. The van der Waals surface area contributed by atoms with E-state index in [-0.39, 0.29) is 5.92 Å². The number of amidine groups is 1. The predicted molar refractivity (Wildman–Crippen MR) is 136 cm³/mol. The molecule has 5 rings (SSSR count). The molecule has 6 heteroatoms. The number of benzene rings is 1. The minimum atomic E-state index is 0.139. The molecular weight excluding hydrogens is 410 g/mol. The summed E-state index contributed by atoms with van der Waals surface area (Å²) < 4.78 is 5.61. The van der Waals surface area contributed by atoms with Crippen LogP contribution in [0.1, 0.15) is 18.9 Å². The third-order valence-corrected chi connectivity index (χ3v) is 7.10. The average Bonchev–Trinajstić information content (AvgIpc) is 3.31. The van der Waals surface area contributed by atoms with Gasteiger partial charge in [0.15, 0.2) is 0 Å². The lowest BCUT2D eigenvalue weighted by Gasteiger charge is -2.38. The van der Waals surface area contributed by atoms with Gasteiger partial charge < -0.3 is 24.8 Å². The number of para-hydroxylation sites is 1. The first kappa shape index (κ1) is 21.6. The lowest BCUT2D eigenvalue weighted by molar-refractivity contribution is 0.185. The maximum Gasteiger partial charge on any atom is 0.126 e. The lowest BCUT2D eigenvalue weighted by Crippen LogP contribution is -2.49. The first-order valence-electron chi connectivity index (χ1n) is 11.9. The van der Waals surface area contributed by atoms with E-state index >= 15 is 0 Å². The quantitative estimate of drug-likeness (QED) is 0.466. The second kappa shape index (κ2) is 9.32. The van der Waals surface area contributed by atoms with E-state index in [4.69, 9.17) is 10.1 Å². The Hall–Kier alpha value is -3.25. The van der Waals surface area contributed by atoms with Crippen LogP contribution >= 0.6 is 0 Å². The van der Waals surface area contributed by atoms with Crippen LogP contribution in [0.3, 0.4) is 0 Å². The molecule has 1 unspecified atom stereocenters. The molecule has 6 nitrogen and oxygen atoms in total. The number of aromatic nitrogens is 1. The van der Waals surface area contributed by atoms with Crippen LogP contribution < -0.4 is 10.1 Å². The molecule has 1 saturated heterocycles. The van der Waals surface area contributed by atoms with Crippen molar-refractivity contribution in [2.75, 3.05) is 51.7 Å².